The summed E-state index contributed by atoms with van der Waals surface area (Å²) in [6.45, 7) is 0. The Balaban J connectivity index is 2.51. The van der Waals surface area contributed by atoms with Gasteiger partial charge in [0.1, 0.15) is 5.82 Å². The molecule has 2 rings (SSSR count). The van der Waals surface area contributed by atoms with Gasteiger partial charge in [-0.3, -0.25) is 9.78 Å². The number of nitrogens with zero attached hydrogens (tertiary/aromatic N) is 1. The number of halogens is 3. The molecular weight excluding hydrogens is 308 g/mol. The summed E-state index contributed by atoms with van der Waals surface area (Å²) >= 11 is 9.04. The van der Waals surface area contributed by atoms with E-state index < -0.39 is 11.6 Å². The first-order chi connectivity index (χ1) is 8.09. The molecule has 0 fully saturated rings. The summed E-state index contributed by atoms with van der Waals surface area (Å²) in [6, 6.07) is 5.64. The summed E-state index contributed by atoms with van der Waals surface area (Å²) in [5.41, 5.74) is 0.214. The van der Waals surface area contributed by atoms with Crippen molar-refractivity contribution in [1.82, 2.24) is 4.98 Å². The van der Waals surface area contributed by atoms with Crippen LogP contribution < -0.4 is 0 Å². The van der Waals surface area contributed by atoms with Crippen molar-refractivity contribution in [2.24, 2.45) is 0 Å². The van der Waals surface area contributed by atoms with E-state index in [9.17, 15) is 9.18 Å². The Labute approximate surface area is 111 Å². The lowest BCUT2D eigenvalue weighted by Crippen LogP contribution is -2.05. The number of ketones is 1. The van der Waals surface area contributed by atoms with E-state index in [4.69, 9.17) is 11.6 Å². The molecule has 0 aliphatic rings. The van der Waals surface area contributed by atoms with Gasteiger partial charge in [-0.15, -0.1) is 0 Å². The average molecular weight is 315 g/mol. The van der Waals surface area contributed by atoms with Crippen LogP contribution in [-0.2, 0) is 0 Å². The van der Waals surface area contributed by atoms with Gasteiger partial charge in [0, 0.05) is 22.4 Å². The van der Waals surface area contributed by atoms with Crippen molar-refractivity contribution < 1.29 is 9.18 Å². The van der Waals surface area contributed by atoms with Gasteiger partial charge in [0.25, 0.3) is 0 Å². The lowest BCUT2D eigenvalue weighted by atomic mass is 10.0. The number of carbonyl (C=O) groups is 1. The number of benzene rings is 1. The van der Waals surface area contributed by atoms with E-state index in [1.807, 2.05) is 0 Å². The van der Waals surface area contributed by atoms with Crippen LogP contribution >= 0.6 is 27.5 Å². The molecule has 0 spiro atoms. The fraction of sp³-hybridized carbons (Fsp3) is 0. The Morgan fingerprint density at radius 3 is 2.76 bits per heavy atom. The van der Waals surface area contributed by atoms with E-state index in [0.717, 1.165) is 0 Å². The summed E-state index contributed by atoms with van der Waals surface area (Å²) in [4.78, 5) is 15.8. The molecule has 0 radical (unpaired) electrons. The number of aromatic nitrogens is 1. The van der Waals surface area contributed by atoms with Crippen LogP contribution in [0.15, 0.2) is 41.1 Å². The molecule has 5 heteroatoms. The first kappa shape index (κ1) is 12.2. The Morgan fingerprint density at radius 2 is 2.06 bits per heavy atom. The monoisotopic (exact) mass is 313 g/mol. The third-order valence-corrected chi connectivity index (χ3v) is 2.98. The van der Waals surface area contributed by atoms with Crippen molar-refractivity contribution in [3.05, 3.63) is 63.1 Å². The van der Waals surface area contributed by atoms with Crippen molar-refractivity contribution in [1.29, 1.82) is 0 Å². The van der Waals surface area contributed by atoms with Crippen LogP contribution in [-0.4, -0.2) is 10.8 Å². The van der Waals surface area contributed by atoms with E-state index in [1.165, 1.54) is 36.7 Å². The van der Waals surface area contributed by atoms with Gasteiger partial charge in [-0.2, -0.15) is 0 Å². The van der Waals surface area contributed by atoms with E-state index in [0.29, 0.717) is 4.47 Å². The fourth-order valence-corrected chi connectivity index (χ4v) is 1.94. The molecule has 1 aromatic heterocycles. The van der Waals surface area contributed by atoms with Crippen molar-refractivity contribution >= 4 is 33.3 Å². The van der Waals surface area contributed by atoms with Crippen LogP contribution in [0, 0.1) is 5.82 Å². The predicted octanol–water partition coefficient (Wildman–Crippen LogP) is 3.87. The van der Waals surface area contributed by atoms with Crippen LogP contribution in [0.25, 0.3) is 0 Å². The van der Waals surface area contributed by atoms with Crippen LogP contribution in [0.4, 0.5) is 4.39 Å². The zero-order valence-corrected chi connectivity index (χ0v) is 10.8. The highest BCUT2D eigenvalue weighted by molar-refractivity contribution is 9.10. The van der Waals surface area contributed by atoms with Crippen LogP contribution in [0.1, 0.15) is 15.9 Å². The first-order valence-electron chi connectivity index (χ1n) is 4.69. The lowest BCUT2D eigenvalue weighted by molar-refractivity contribution is 0.103. The summed E-state index contributed by atoms with van der Waals surface area (Å²) in [7, 11) is 0. The molecule has 86 valence electrons. The molecule has 0 amide bonds. The van der Waals surface area contributed by atoms with Gasteiger partial charge >= 0.3 is 0 Å². The standard InChI is InChI=1S/C12H6BrClFNO/c13-7-1-2-11(15)9(5-7)12(17)8-3-4-16-6-10(8)14/h1-6H. The van der Waals surface area contributed by atoms with E-state index in [-0.39, 0.29) is 16.1 Å². The molecule has 1 heterocycles. The number of carbonyl (C=O) groups excluding carboxylic acids is 1. The summed E-state index contributed by atoms with van der Waals surface area (Å²) < 4.78 is 14.2. The van der Waals surface area contributed by atoms with Gasteiger partial charge in [-0.05, 0) is 24.3 Å². The van der Waals surface area contributed by atoms with Crippen molar-refractivity contribution in [2.45, 2.75) is 0 Å². The van der Waals surface area contributed by atoms with Crippen molar-refractivity contribution in [3.63, 3.8) is 0 Å². The lowest BCUT2D eigenvalue weighted by Gasteiger charge is -2.04. The third kappa shape index (κ3) is 2.53. The summed E-state index contributed by atoms with van der Waals surface area (Å²) in [5.74, 6) is -1.04. The van der Waals surface area contributed by atoms with Crippen molar-refractivity contribution in [2.75, 3.05) is 0 Å². The quantitative estimate of drug-likeness (QED) is 0.788. The number of rotatable bonds is 2. The van der Waals surface area contributed by atoms with Crippen molar-refractivity contribution in [3.8, 4) is 0 Å². The maximum Gasteiger partial charge on any atom is 0.197 e. The largest absolute Gasteiger partial charge is 0.288 e. The zero-order valence-electron chi connectivity index (χ0n) is 8.45. The van der Waals surface area contributed by atoms with Crippen LogP contribution in [0.2, 0.25) is 5.02 Å². The smallest absolute Gasteiger partial charge is 0.197 e. The minimum atomic E-state index is -0.578. The summed E-state index contributed by atoms with van der Waals surface area (Å²) in [5, 5.41) is 0.205. The first-order valence-corrected chi connectivity index (χ1v) is 5.86. The van der Waals surface area contributed by atoms with E-state index in [2.05, 4.69) is 20.9 Å². The van der Waals surface area contributed by atoms with Gasteiger partial charge in [0.05, 0.1) is 10.6 Å². The summed E-state index contributed by atoms with van der Waals surface area (Å²) in [6.07, 6.45) is 2.79. The highest BCUT2D eigenvalue weighted by Crippen LogP contribution is 2.22. The molecule has 17 heavy (non-hydrogen) atoms. The molecule has 1 aromatic carbocycles. The minimum Gasteiger partial charge on any atom is -0.288 e. The second kappa shape index (κ2) is 4.94. The topological polar surface area (TPSA) is 30.0 Å². The SMILES string of the molecule is O=C(c1cc(Br)ccc1F)c1ccncc1Cl. The van der Waals surface area contributed by atoms with Gasteiger partial charge in [0.2, 0.25) is 0 Å². The zero-order chi connectivity index (χ0) is 12.4. The normalized spacial score (nSPS) is 10.3. The minimum absolute atomic E-state index is 0.0209. The van der Waals surface area contributed by atoms with E-state index in [1.54, 1.807) is 0 Å². The highest BCUT2D eigenvalue weighted by Gasteiger charge is 2.16. The number of hydrogen-bond acceptors (Lipinski definition) is 2. The van der Waals surface area contributed by atoms with Crippen LogP contribution in [0.5, 0.6) is 0 Å². The molecule has 0 unspecified atom stereocenters. The second-order valence-electron chi connectivity index (χ2n) is 3.31. The average Bonchev–Trinajstić information content (AvgIpc) is 2.32. The second-order valence-corrected chi connectivity index (χ2v) is 4.63. The maximum atomic E-state index is 13.5. The molecule has 0 aliphatic carbocycles. The van der Waals surface area contributed by atoms with Gasteiger partial charge < -0.3 is 0 Å². The maximum absolute atomic E-state index is 13.5. The molecule has 0 atom stereocenters. The molecule has 2 aromatic rings. The molecule has 0 N–H and O–H groups in total. The fourth-order valence-electron chi connectivity index (χ4n) is 1.38. The Morgan fingerprint density at radius 1 is 1.29 bits per heavy atom. The van der Waals surface area contributed by atoms with Crippen LogP contribution in [0.3, 0.4) is 0 Å². The van der Waals surface area contributed by atoms with E-state index >= 15 is 0 Å². The predicted molar refractivity (Wildman–Crippen MR) is 66.8 cm³/mol. The molecular formula is C12H6BrClFNO. The van der Waals surface area contributed by atoms with Gasteiger partial charge in [0.15, 0.2) is 5.78 Å². The molecule has 0 bridgehead atoms. The Hall–Kier alpha value is -1.26. The van der Waals surface area contributed by atoms with Gasteiger partial charge in [-0.25, -0.2) is 4.39 Å². The van der Waals surface area contributed by atoms with Gasteiger partial charge in [-0.1, -0.05) is 27.5 Å². The number of pyridine rings is 1. The molecule has 0 aliphatic heterocycles. The molecule has 2 nitrogen and oxygen atoms in total. The Bertz CT molecular complexity index is 588. The number of hydrogen-bond donors (Lipinski definition) is 0. The molecule has 0 saturated heterocycles. The Kier molecular flexibility index (Phi) is 3.54. The molecule has 0 saturated carbocycles. The highest BCUT2D eigenvalue weighted by atomic mass is 79.9. The third-order valence-electron chi connectivity index (χ3n) is 2.19.